The minimum Gasteiger partial charge on any atom is -0.381 e. The Morgan fingerprint density at radius 3 is 2.46 bits per heavy atom. The fourth-order valence-electron chi connectivity index (χ4n) is 2.43. The zero-order chi connectivity index (χ0) is 9.31. The maximum absolute atomic E-state index is 9.16. The van der Waals surface area contributed by atoms with E-state index in [0.29, 0.717) is 6.10 Å². The highest BCUT2D eigenvalue weighted by Crippen LogP contribution is 2.40. The fraction of sp³-hybridized carbons (Fsp3) is 0.900. The molecule has 1 saturated heterocycles. The normalized spacial score (nSPS) is 39.8. The second-order valence-corrected chi connectivity index (χ2v) is 4.10. The molecule has 13 heavy (non-hydrogen) atoms. The first-order valence-electron chi connectivity index (χ1n) is 5.00. The Morgan fingerprint density at radius 2 is 2.00 bits per heavy atom. The lowest BCUT2D eigenvalue weighted by molar-refractivity contribution is -0.0549. The Balaban J connectivity index is 1.98. The molecule has 1 heterocycles. The number of ether oxygens (including phenoxy) is 1. The second kappa shape index (κ2) is 3.28. The second-order valence-electron chi connectivity index (χ2n) is 4.10. The van der Waals surface area contributed by atoms with Gasteiger partial charge in [0.1, 0.15) is 5.54 Å². The van der Waals surface area contributed by atoms with Crippen molar-refractivity contribution in [3.63, 3.8) is 0 Å². The van der Waals surface area contributed by atoms with E-state index < -0.39 is 0 Å². The van der Waals surface area contributed by atoms with Crippen molar-refractivity contribution < 1.29 is 4.74 Å². The molecular weight excluding hydrogens is 164 g/mol. The van der Waals surface area contributed by atoms with Gasteiger partial charge in [-0.05, 0) is 25.9 Å². The quantitative estimate of drug-likeness (QED) is 0.639. The molecule has 0 N–H and O–H groups in total. The van der Waals surface area contributed by atoms with Crippen molar-refractivity contribution in [3.05, 3.63) is 0 Å². The van der Waals surface area contributed by atoms with Crippen LogP contribution in [0.4, 0.5) is 0 Å². The predicted molar refractivity (Wildman–Crippen MR) is 49.2 cm³/mol. The van der Waals surface area contributed by atoms with Gasteiger partial charge in [-0.2, -0.15) is 5.26 Å². The summed E-state index contributed by atoms with van der Waals surface area (Å²) in [5.74, 6) is 0. The van der Waals surface area contributed by atoms with E-state index in [1.165, 1.54) is 12.8 Å². The van der Waals surface area contributed by atoms with Gasteiger partial charge in [0, 0.05) is 20.0 Å². The van der Waals surface area contributed by atoms with Gasteiger partial charge in [0.15, 0.2) is 0 Å². The van der Waals surface area contributed by atoms with Crippen LogP contribution in [0.3, 0.4) is 0 Å². The van der Waals surface area contributed by atoms with Gasteiger partial charge < -0.3 is 4.74 Å². The van der Waals surface area contributed by atoms with Gasteiger partial charge in [-0.25, -0.2) is 0 Å². The van der Waals surface area contributed by atoms with E-state index in [-0.39, 0.29) is 5.54 Å². The van der Waals surface area contributed by atoms with Crippen LogP contribution in [0.25, 0.3) is 0 Å². The van der Waals surface area contributed by atoms with Crippen molar-refractivity contribution in [2.75, 3.05) is 20.2 Å². The number of hydrogen-bond donors (Lipinski definition) is 0. The van der Waals surface area contributed by atoms with Crippen LogP contribution < -0.4 is 0 Å². The summed E-state index contributed by atoms with van der Waals surface area (Å²) in [6.07, 6.45) is 4.63. The summed E-state index contributed by atoms with van der Waals surface area (Å²) in [6, 6.07) is 2.47. The number of methoxy groups -OCH3 is 1. The zero-order valence-corrected chi connectivity index (χ0v) is 8.12. The number of likely N-dealkylation sites (tertiary alicyclic amines) is 1. The molecule has 0 aromatic heterocycles. The number of nitriles is 1. The largest absolute Gasteiger partial charge is 0.381 e. The van der Waals surface area contributed by atoms with Gasteiger partial charge in [0.05, 0.1) is 12.2 Å². The summed E-state index contributed by atoms with van der Waals surface area (Å²) in [6.45, 7) is 2.20. The highest BCUT2D eigenvalue weighted by Gasteiger charge is 2.49. The standard InChI is InChI=1S/C10H16N2O/c1-13-9-6-10(7-9,8-11)12-4-2-3-5-12/h9H,2-7H2,1H3. The fourth-order valence-corrected chi connectivity index (χ4v) is 2.43. The summed E-state index contributed by atoms with van der Waals surface area (Å²) in [4.78, 5) is 2.34. The lowest BCUT2D eigenvalue weighted by Crippen LogP contribution is -2.58. The van der Waals surface area contributed by atoms with Gasteiger partial charge in [-0.1, -0.05) is 0 Å². The molecule has 2 fully saturated rings. The third-order valence-corrected chi connectivity index (χ3v) is 3.38. The predicted octanol–water partition coefficient (Wildman–Crippen LogP) is 1.15. The van der Waals surface area contributed by atoms with E-state index in [9.17, 15) is 0 Å². The smallest absolute Gasteiger partial charge is 0.114 e. The minimum atomic E-state index is -0.169. The van der Waals surface area contributed by atoms with Gasteiger partial charge >= 0.3 is 0 Å². The molecule has 1 saturated carbocycles. The van der Waals surface area contributed by atoms with Crippen molar-refractivity contribution in [1.82, 2.24) is 4.90 Å². The molecule has 2 rings (SSSR count). The Hall–Kier alpha value is -0.590. The Labute approximate surface area is 79.3 Å². The molecule has 0 spiro atoms. The molecule has 1 aliphatic carbocycles. The lowest BCUT2D eigenvalue weighted by atomic mass is 9.74. The van der Waals surface area contributed by atoms with Gasteiger partial charge in [-0.3, -0.25) is 4.90 Å². The average Bonchev–Trinajstić information content (AvgIpc) is 2.57. The number of rotatable bonds is 2. The van der Waals surface area contributed by atoms with E-state index in [0.717, 1.165) is 25.9 Å². The average molecular weight is 180 g/mol. The van der Waals surface area contributed by atoms with Crippen molar-refractivity contribution in [2.24, 2.45) is 0 Å². The van der Waals surface area contributed by atoms with E-state index in [1.54, 1.807) is 7.11 Å². The molecule has 2 aliphatic rings. The van der Waals surface area contributed by atoms with Crippen molar-refractivity contribution >= 4 is 0 Å². The molecule has 3 nitrogen and oxygen atoms in total. The Kier molecular flexibility index (Phi) is 2.27. The van der Waals surface area contributed by atoms with Gasteiger partial charge in [0.2, 0.25) is 0 Å². The highest BCUT2D eigenvalue weighted by atomic mass is 16.5. The van der Waals surface area contributed by atoms with E-state index in [4.69, 9.17) is 10.00 Å². The molecule has 72 valence electrons. The number of nitrogens with zero attached hydrogens (tertiary/aromatic N) is 2. The first kappa shape index (κ1) is 8.98. The van der Waals surface area contributed by atoms with Gasteiger partial charge in [0.25, 0.3) is 0 Å². The maximum Gasteiger partial charge on any atom is 0.114 e. The zero-order valence-electron chi connectivity index (χ0n) is 8.12. The van der Waals surface area contributed by atoms with Crippen LogP contribution in [-0.2, 0) is 4.74 Å². The Bertz CT molecular complexity index is 222. The molecule has 0 aromatic rings. The molecule has 0 unspecified atom stereocenters. The maximum atomic E-state index is 9.16. The molecule has 0 aromatic carbocycles. The first-order chi connectivity index (χ1) is 6.30. The molecule has 0 amide bonds. The topological polar surface area (TPSA) is 36.3 Å². The van der Waals surface area contributed by atoms with Crippen LogP contribution in [0.15, 0.2) is 0 Å². The summed E-state index contributed by atoms with van der Waals surface area (Å²) in [5, 5.41) is 9.16. The molecule has 3 heteroatoms. The van der Waals surface area contributed by atoms with Crippen LogP contribution in [0.1, 0.15) is 25.7 Å². The summed E-state index contributed by atoms with van der Waals surface area (Å²) in [5.41, 5.74) is -0.169. The molecular formula is C10H16N2O. The summed E-state index contributed by atoms with van der Waals surface area (Å²) >= 11 is 0. The van der Waals surface area contributed by atoms with Crippen molar-refractivity contribution in [2.45, 2.75) is 37.3 Å². The lowest BCUT2D eigenvalue weighted by Gasteiger charge is -2.47. The van der Waals surface area contributed by atoms with Crippen molar-refractivity contribution in [1.29, 1.82) is 5.26 Å². The third kappa shape index (κ3) is 1.34. The van der Waals surface area contributed by atoms with Crippen molar-refractivity contribution in [3.8, 4) is 6.07 Å². The first-order valence-corrected chi connectivity index (χ1v) is 5.00. The third-order valence-electron chi connectivity index (χ3n) is 3.38. The van der Waals surface area contributed by atoms with Crippen LogP contribution >= 0.6 is 0 Å². The van der Waals surface area contributed by atoms with E-state index in [1.807, 2.05) is 0 Å². The van der Waals surface area contributed by atoms with Gasteiger partial charge in [-0.15, -0.1) is 0 Å². The molecule has 1 aliphatic heterocycles. The summed E-state index contributed by atoms with van der Waals surface area (Å²) in [7, 11) is 1.73. The monoisotopic (exact) mass is 180 g/mol. The number of hydrogen-bond acceptors (Lipinski definition) is 3. The minimum absolute atomic E-state index is 0.169. The van der Waals surface area contributed by atoms with Crippen LogP contribution in [0.5, 0.6) is 0 Å². The highest BCUT2D eigenvalue weighted by molar-refractivity contribution is 5.18. The Morgan fingerprint density at radius 1 is 1.38 bits per heavy atom. The molecule has 0 bridgehead atoms. The molecule has 0 radical (unpaired) electrons. The SMILES string of the molecule is COC1CC(C#N)(N2CCCC2)C1. The summed E-state index contributed by atoms with van der Waals surface area (Å²) < 4.78 is 5.23. The van der Waals surface area contributed by atoms with E-state index in [2.05, 4.69) is 11.0 Å². The molecule has 0 atom stereocenters. The van der Waals surface area contributed by atoms with Crippen LogP contribution in [0.2, 0.25) is 0 Å². The van der Waals surface area contributed by atoms with E-state index >= 15 is 0 Å². The van der Waals surface area contributed by atoms with Crippen LogP contribution in [0, 0.1) is 11.3 Å². The van der Waals surface area contributed by atoms with Crippen LogP contribution in [-0.4, -0.2) is 36.7 Å².